The standard InChI is InChI=1S/C18H25ClFN3O3/c1-2-23(12-18(25)26)14-5-8-22(9-6-14)10-7-17(24)21-16-4-3-13(19)11-15(16)20/h3-4,11,14H,2,5-10,12H2,1H3,(H,21,24)(H,25,26). The largest absolute Gasteiger partial charge is 0.480 e. The molecular weight excluding hydrogens is 361 g/mol. The van der Waals surface area contributed by atoms with E-state index in [0.717, 1.165) is 25.9 Å². The fraction of sp³-hybridized carbons (Fsp3) is 0.556. The predicted molar refractivity (Wildman–Crippen MR) is 99.0 cm³/mol. The number of rotatable bonds is 8. The maximum atomic E-state index is 13.7. The lowest BCUT2D eigenvalue weighted by Gasteiger charge is -2.37. The molecule has 1 saturated heterocycles. The Bertz CT molecular complexity index is 636. The van der Waals surface area contributed by atoms with E-state index in [9.17, 15) is 14.0 Å². The highest BCUT2D eigenvalue weighted by Gasteiger charge is 2.25. The molecule has 8 heteroatoms. The smallest absolute Gasteiger partial charge is 0.317 e. The lowest BCUT2D eigenvalue weighted by Crippen LogP contribution is -2.47. The van der Waals surface area contributed by atoms with Gasteiger partial charge in [-0.25, -0.2) is 4.39 Å². The molecule has 1 heterocycles. The molecule has 2 rings (SSSR count). The minimum absolute atomic E-state index is 0.0657. The molecule has 1 aromatic rings. The van der Waals surface area contributed by atoms with Crippen molar-refractivity contribution in [3.05, 3.63) is 29.0 Å². The van der Waals surface area contributed by atoms with Crippen molar-refractivity contribution in [1.82, 2.24) is 9.80 Å². The van der Waals surface area contributed by atoms with Crippen molar-refractivity contribution >= 4 is 29.2 Å². The summed E-state index contributed by atoms with van der Waals surface area (Å²) >= 11 is 5.69. The first-order chi connectivity index (χ1) is 12.4. The maximum Gasteiger partial charge on any atom is 0.317 e. The van der Waals surface area contributed by atoms with Gasteiger partial charge in [0.05, 0.1) is 12.2 Å². The van der Waals surface area contributed by atoms with Crippen LogP contribution in [0.1, 0.15) is 26.2 Å². The van der Waals surface area contributed by atoms with Crippen LogP contribution >= 0.6 is 11.6 Å². The topological polar surface area (TPSA) is 72.9 Å². The average molecular weight is 386 g/mol. The van der Waals surface area contributed by atoms with Gasteiger partial charge in [0.2, 0.25) is 5.91 Å². The molecule has 0 unspecified atom stereocenters. The van der Waals surface area contributed by atoms with Crippen LogP contribution in [0.2, 0.25) is 5.02 Å². The van der Waals surface area contributed by atoms with Crippen LogP contribution in [0.15, 0.2) is 18.2 Å². The molecule has 144 valence electrons. The van der Waals surface area contributed by atoms with Gasteiger partial charge in [-0.1, -0.05) is 18.5 Å². The van der Waals surface area contributed by atoms with Crippen LogP contribution in [0.4, 0.5) is 10.1 Å². The number of anilines is 1. The molecule has 0 atom stereocenters. The molecule has 1 aliphatic heterocycles. The molecule has 2 N–H and O–H groups in total. The lowest BCUT2D eigenvalue weighted by molar-refractivity contribution is -0.139. The summed E-state index contributed by atoms with van der Waals surface area (Å²) < 4.78 is 13.7. The number of nitrogens with one attached hydrogen (secondary N) is 1. The van der Waals surface area contributed by atoms with Gasteiger partial charge < -0.3 is 15.3 Å². The van der Waals surface area contributed by atoms with Gasteiger partial charge in [0.1, 0.15) is 5.82 Å². The van der Waals surface area contributed by atoms with Crippen molar-refractivity contribution in [2.45, 2.75) is 32.2 Å². The van der Waals surface area contributed by atoms with Gasteiger partial charge in [-0.3, -0.25) is 14.5 Å². The van der Waals surface area contributed by atoms with E-state index in [1.807, 2.05) is 11.8 Å². The van der Waals surface area contributed by atoms with Crippen LogP contribution in [-0.4, -0.2) is 65.5 Å². The summed E-state index contributed by atoms with van der Waals surface area (Å²) in [6.45, 7) is 4.99. The second-order valence-corrected chi connectivity index (χ2v) is 6.89. The Morgan fingerprint density at radius 3 is 2.65 bits per heavy atom. The summed E-state index contributed by atoms with van der Waals surface area (Å²) in [7, 11) is 0. The molecule has 1 aromatic carbocycles. The number of aliphatic carboxylic acids is 1. The zero-order chi connectivity index (χ0) is 19.1. The van der Waals surface area contributed by atoms with Gasteiger partial charge >= 0.3 is 5.97 Å². The Kier molecular flexibility index (Phi) is 7.81. The third-order valence-electron chi connectivity index (χ3n) is 4.68. The maximum absolute atomic E-state index is 13.7. The van der Waals surface area contributed by atoms with Crippen molar-refractivity contribution in [2.24, 2.45) is 0 Å². The van der Waals surface area contributed by atoms with Crippen molar-refractivity contribution in [1.29, 1.82) is 0 Å². The van der Waals surface area contributed by atoms with Crippen LogP contribution in [0.5, 0.6) is 0 Å². The number of likely N-dealkylation sites (N-methyl/N-ethyl adjacent to an activating group) is 1. The molecule has 6 nitrogen and oxygen atoms in total. The molecule has 1 amide bonds. The highest BCUT2D eigenvalue weighted by molar-refractivity contribution is 6.30. The third kappa shape index (κ3) is 6.23. The molecule has 0 spiro atoms. The van der Waals surface area contributed by atoms with Gasteiger partial charge in [-0.15, -0.1) is 0 Å². The number of carboxylic acid groups (broad SMARTS) is 1. The van der Waals surface area contributed by atoms with E-state index in [1.165, 1.54) is 18.2 Å². The highest BCUT2D eigenvalue weighted by Crippen LogP contribution is 2.20. The van der Waals surface area contributed by atoms with Gasteiger partial charge in [0.25, 0.3) is 0 Å². The van der Waals surface area contributed by atoms with E-state index in [4.69, 9.17) is 16.7 Å². The van der Waals surface area contributed by atoms with Crippen LogP contribution in [-0.2, 0) is 9.59 Å². The van der Waals surface area contributed by atoms with E-state index >= 15 is 0 Å². The molecule has 0 radical (unpaired) electrons. The SMILES string of the molecule is CCN(CC(=O)O)C1CCN(CCC(=O)Nc2ccc(Cl)cc2F)CC1. The second-order valence-electron chi connectivity index (χ2n) is 6.45. The number of carboxylic acids is 1. The Morgan fingerprint density at radius 1 is 1.38 bits per heavy atom. The zero-order valence-electron chi connectivity index (χ0n) is 14.9. The van der Waals surface area contributed by atoms with E-state index in [-0.39, 0.29) is 35.6 Å². The molecule has 0 aromatic heterocycles. The number of amides is 1. The van der Waals surface area contributed by atoms with Crippen molar-refractivity contribution < 1.29 is 19.1 Å². The van der Waals surface area contributed by atoms with Crippen LogP contribution in [0.25, 0.3) is 0 Å². The minimum atomic E-state index is -0.805. The number of hydrogen-bond donors (Lipinski definition) is 2. The van der Waals surface area contributed by atoms with E-state index < -0.39 is 11.8 Å². The summed E-state index contributed by atoms with van der Waals surface area (Å²) in [5, 5.41) is 11.8. The zero-order valence-corrected chi connectivity index (χ0v) is 15.6. The predicted octanol–water partition coefficient (Wildman–Crippen LogP) is 2.68. The van der Waals surface area contributed by atoms with Crippen LogP contribution in [0, 0.1) is 5.82 Å². The van der Waals surface area contributed by atoms with Crippen molar-refractivity contribution in [3.63, 3.8) is 0 Å². The summed E-state index contributed by atoms with van der Waals surface area (Å²) in [4.78, 5) is 27.1. The van der Waals surface area contributed by atoms with Gasteiger partial charge in [0, 0.05) is 24.0 Å². The Morgan fingerprint density at radius 2 is 2.08 bits per heavy atom. The summed E-state index contributed by atoms with van der Waals surface area (Å²) in [5.41, 5.74) is 0.130. The Labute approximate surface area is 157 Å². The third-order valence-corrected chi connectivity index (χ3v) is 4.91. The van der Waals surface area contributed by atoms with Crippen LogP contribution < -0.4 is 5.32 Å². The first-order valence-corrected chi connectivity index (χ1v) is 9.20. The lowest BCUT2D eigenvalue weighted by atomic mass is 10.0. The highest BCUT2D eigenvalue weighted by atomic mass is 35.5. The first-order valence-electron chi connectivity index (χ1n) is 8.82. The molecule has 26 heavy (non-hydrogen) atoms. The summed E-state index contributed by atoms with van der Waals surface area (Å²) in [6, 6.07) is 4.41. The molecule has 0 aliphatic carbocycles. The molecule has 1 aliphatic rings. The number of carbonyl (C=O) groups excluding carboxylic acids is 1. The first kappa shape index (κ1) is 20.6. The number of hydrogen-bond acceptors (Lipinski definition) is 4. The Balaban J connectivity index is 1.74. The second kappa shape index (κ2) is 9.85. The number of benzene rings is 1. The monoisotopic (exact) mass is 385 g/mol. The number of likely N-dealkylation sites (tertiary alicyclic amines) is 1. The van der Waals surface area contributed by atoms with E-state index in [1.54, 1.807) is 0 Å². The van der Waals surface area contributed by atoms with E-state index in [0.29, 0.717) is 13.1 Å². The Hall–Kier alpha value is -1.70. The number of piperidine rings is 1. The molecular formula is C18H25ClFN3O3. The number of halogens is 2. The summed E-state index contributed by atoms with van der Waals surface area (Å²) in [6.07, 6.45) is 2.04. The quantitative estimate of drug-likeness (QED) is 0.719. The minimum Gasteiger partial charge on any atom is -0.480 e. The van der Waals surface area contributed by atoms with Gasteiger partial charge in [-0.05, 0) is 50.7 Å². The normalized spacial score (nSPS) is 16.0. The fourth-order valence-electron chi connectivity index (χ4n) is 3.24. The number of carbonyl (C=O) groups is 2. The van der Waals surface area contributed by atoms with Gasteiger partial charge in [-0.2, -0.15) is 0 Å². The fourth-order valence-corrected chi connectivity index (χ4v) is 3.40. The van der Waals surface area contributed by atoms with Crippen LogP contribution in [0.3, 0.4) is 0 Å². The van der Waals surface area contributed by atoms with Crippen molar-refractivity contribution in [3.8, 4) is 0 Å². The molecule has 0 bridgehead atoms. The average Bonchev–Trinajstić information content (AvgIpc) is 2.60. The number of nitrogens with zero attached hydrogens (tertiary/aromatic N) is 2. The summed E-state index contributed by atoms with van der Waals surface area (Å²) in [5.74, 6) is -1.60. The van der Waals surface area contributed by atoms with Crippen molar-refractivity contribution in [2.75, 3.05) is 38.0 Å². The molecule has 1 fully saturated rings. The van der Waals surface area contributed by atoms with E-state index in [2.05, 4.69) is 10.2 Å². The van der Waals surface area contributed by atoms with Gasteiger partial charge in [0.15, 0.2) is 0 Å². The molecule has 0 saturated carbocycles.